The van der Waals surface area contributed by atoms with E-state index in [0.29, 0.717) is 5.13 Å². The largest absolute Gasteiger partial charge is 0.334 e. The number of rotatable bonds is 2. The predicted molar refractivity (Wildman–Crippen MR) is 97.1 cm³/mol. The van der Waals surface area contributed by atoms with Crippen LogP contribution in [-0.2, 0) is 4.79 Å². The smallest absolute Gasteiger partial charge is 0.311 e. The molecule has 1 aliphatic rings. The molecule has 0 aliphatic carbocycles. The summed E-state index contributed by atoms with van der Waals surface area (Å²) in [5.41, 5.74) is 1.56. The van der Waals surface area contributed by atoms with Gasteiger partial charge < -0.3 is 4.90 Å². The Morgan fingerprint density at radius 1 is 1.12 bits per heavy atom. The van der Waals surface area contributed by atoms with Gasteiger partial charge >= 0.3 is 6.03 Å². The van der Waals surface area contributed by atoms with E-state index in [1.807, 2.05) is 48.5 Å². The van der Waals surface area contributed by atoms with Crippen molar-refractivity contribution in [2.75, 3.05) is 11.9 Å². The first-order valence-electron chi connectivity index (χ1n) is 7.28. The monoisotopic (exact) mass is 401 g/mol. The lowest BCUT2D eigenvalue weighted by molar-refractivity contribution is -0.119. The lowest BCUT2D eigenvalue weighted by atomic mass is 10.1. The maximum absolute atomic E-state index is 12.9. The lowest BCUT2D eigenvalue weighted by Gasteiger charge is -2.16. The predicted octanol–water partition coefficient (Wildman–Crippen LogP) is 4.20. The molecule has 2 aromatic carbocycles. The number of carbonyl (C=O) groups is 2. The third-order valence-electron chi connectivity index (χ3n) is 3.97. The number of anilines is 1. The van der Waals surface area contributed by atoms with E-state index in [1.165, 1.54) is 21.1 Å². The van der Waals surface area contributed by atoms with Crippen molar-refractivity contribution in [1.29, 1.82) is 0 Å². The van der Waals surface area contributed by atoms with Gasteiger partial charge in [-0.15, -0.1) is 0 Å². The van der Waals surface area contributed by atoms with E-state index in [0.717, 1.165) is 20.3 Å². The van der Waals surface area contributed by atoms with Gasteiger partial charge in [0, 0.05) is 11.5 Å². The van der Waals surface area contributed by atoms with Crippen molar-refractivity contribution in [2.24, 2.45) is 0 Å². The van der Waals surface area contributed by atoms with E-state index < -0.39 is 6.04 Å². The van der Waals surface area contributed by atoms with Crippen LogP contribution in [0.15, 0.2) is 53.0 Å². The SMILES string of the molecule is CN1C(=O)N(c2nc3ccccc3s2)C(=O)C1c1cccc(Br)c1. The fourth-order valence-corrected chi connectivity index (χ4v) is 4.21. The number of benzene rings is 2. The number of thiazole rings is 1. The molecule has 1 aromatic heterocycles. The molecule has 24 heavy (non-hydrogen) atoms. The van der Waals surface area contributed by atoms with Crippen molar-refractivity contribution in [1.82, 2.24) is 9.88 Å². The van der Waals surface area contributed by atoms with E-state index >= 15 is 0 Å². The van der Waals surface area contributed by atoms with Crippen LogP contribution in [0.1, 0.15) is 11.6 Å². The molecule has 1 unspecified atom stereocenters. The molecule has 3 amide bonds. The molecule has 2 heterocycles. The highest BCUT2D eigenvalue weighted by Gasteiger charge is 2.46. The first-order valence-corrected chi connectivity index (χ1v) is 8.89. The second-order valence-electron chi connectivity index (χ2n) is 5.49. The summed E-state index contributed by atoms with van der Waals surface area (Å²) in [6.07, 6.45) is 0. The van der Waals surface area contributed by atoms with Crippen LogP contribution < -0.4 is 4.90 Å². The van der Waals surface area contributed by atoms with Gasteiger partial charge in [0.05, 0.1) is 10.2 Å². The second-order valence-corrected chi connectivity index (χ2v) is 7.41. The molecule has 1 fully saturated rings. The Bertz CT molecular complexity index is 938. The van der Waals surface area contributed by atoms with Gasteiger partial charge in [-0.3, -0.25) is 4.79 Å². The Balaban J connectivity index is 1.77. The van der Waals surface area contributed by atoms with Gasteiger partial charge in [0.15, 0.2) is 0 Å². The molecule has 0 radical (unpaired) electrons. The third kappa shape index (κ3) is 2.32. The van der Waals surface area contributed by atoms with E-state index in [9.17, 15) is 9.59 Å². The number of hydrogen-bond acceptors (Lipinski definition) is 4. The van der Waals surface area contributed by atoms with Crippen molar-refractivity contribution in [3.63, 3.8) is 0 Å². The number of carbonyl (C=O) groups excluding carboxylic acids is 2. The quantitative estimate of drug-likeness (QED) is 0.604. The average molecular weight is 402 g/mol. The summed E-state index contributed by atoms with van der Waals surface area (Å²) < 4.78 is 1.81. The molecule has 120 valence electrons. The minimum atomic E-state index is -0.637. The zero-order valence-electron chi connectivity index (χ0n) is 12.6. The number of urea groups is 1. The Labute approximate surface area is 150 Å². The highest BCUT2D eigenvalue weighted by molar-refractivity contribution is 9.10. The number of hydrogen-bond donors (Lipinski definition) is 0. The Morgan fingerprint density at radius 2 is 1.92 bits per heavy atom. The molecule has 1 atom stereocenters. The number of amides is 3. The van der Waals surface area contributed by atoms with E-state index in [4.69, 9.17) is 0 Å². The van der Waals surface area contributed by atoms with Crippen molar-refractivity contribution < 1.29 is 9.59 Å². The van der Waals surface area contributed by atoms with Gasteiger partial charge in [-0.1, -0.05) is 51.5 Å². The van der Waals surface area contributed by atoms with Crippen molar-refractivity contribution >= 4 is 54.6 Å². The molecular formula is C17H12BrN3O2S. The zero-order chi connectivity index (χ0) is 16.8. The summed E-state index contributed by atoms with van der Waals surface area (Å²) in [5.74, 6) is -0.278. The lowest BCUT2D eigenvalue weighted by Crippen LogP contribution is -2.31. The van der Waals surface area contributed by atoms with Gasteiger partial charge in [-0.2, -0.15) is 0 Å². The van der Waals surface area contributed by atoms with E-state index in [-0.39, 0.29) is 11.9 Å². The molecule has 5 nitrogen and oxygen atoms in total. The summed E-state index contributed by atoms with van der Waals surface area (Å²) in [6, 6.07) is 14.0. The van der Waals surface area contributed by atoms with Crippen LogP contribution in [0.4, 0.5) is 9.93 Å². The van der Waals surface area contributed by atoms with Crippen molar-refractivity contribution in [3.8, 4) is 0 Å². The first kappa shape index (κ1) is 15.3. The summed E-state index contributed by atoms with van der Waals surface area (Å²) in [5, 5.41) is 0.413. The van der Waals surface area contributed by atoms with Gasteiger partial charge in [0.2, 0.25) is 5.13 Å². The molecule has 0 saturated carbocycles. The standard InChI is InChI=1S/C17H12BrN3O2S/c1-20-14(10-5-4-6-11(18)9-10)15(22)21(17(20)23)16-19-12-7-2-3-8-13(12)24-16/h2-9,14H,1H3. The van der Waals surface area contributed by atoms with E-state index in [1.54, 1.807) is 7.05 Å². The molecule has 1 saturated heterocycles. The van der Waals surface area contributed by atoms with Crippen LogP contribution in [0.3, 0.4) is 0 Å². The Kier molecular flexibility index (Phi) is 3.62. The van der Waals surface area contributed by atoms with Gasteiger partial charge in [-0.05, 0) is 29.8 Å². The Morgan fingerprint density at radius 3 is 2.67 bits per heavy atom. The number of imide groups is 1. The fourth-order valence-electron chi connectivity index (χ4n) is 2.83. The summed E-state index contributed by atoms with van der Waals surface area (Å²) in [6.45, 7) is 0. The summed E-state index contributed by atoms with van der Waals surface area (Å²) in [7, 11) is 1.64. The van der Waals surface area contributed by atoms with Gasteiger partial charge in [-0.25, -0.2) is 14.7 Å². The third-order valence-corrected chi connectivity index (χ3v) is 5.49. The van der Waals surface area contributed by atoms with E-state index in [2.05, 4.69) is 20.9 Å². The van der Waals surface area contributed by atoms with Gasteiger partial charge in [0.25, 0.3) is 5.91 Å². The minimum Gasteiger partial charge on any atom is -0.311 e. The number of nitrogens with zero attached hydrogens (tertiary/aromatic N) is 3. The van der Waals surface area contributed by atoms with Crippen LogP contribution in [-0.4, -0.2) is 28.9 Å². The highest BCUT2D eigenvalue weighted by Crippen LogP contribution is 2.37. The highest BCUT2D eigenvalue weighted by atomic mass is 79.9. The summed E-state index contributed by atoms with van der Waals surface area (Å²) in [4.78, 5) is 32.7. The maximum atomic E-state index is 12.9. The number of halogens is 1. The molecule has 1 aliphatic heterocycles. The molecular weight excluding hydrogens is 390 g/mol. The van der Waals surface area contributed by atoms with Gasteiger partial charge in [0.1, 0.15) is 6.04 Å². The van der Waals surface area contributed by atoms with Crippen LogP contribution >= 0.6 is 27.3 Å². The van der Waals surface area contributed by atoms with Crippen LogP contribution in [0.2, 0.25) is 0 Å². The Hall–Kier alpha value is -2.25. The van der Waals surface area contributed by atoms with Crippen LogP contribution in [0.25, 0.3) is 10.2 Å². The molecule has 0 N–H and O–H groups in total. The van der Waals surface area contributed by atoms with Crippen molar-refractivity contribution in [3.05, 3.63) is 58.6 Å². The minimum absolute atomic E-state index is 0.278. The molecule has 7 heteroatoms. The first-order chi connectivity index (χ1) is 11.6. The zero-order valence-corrected chi connectivity index (χ0v) is 15.0. The number of aromatic nitrogens is 1. The maximum Gasteiger partial charge on any atom is 0.334 e. The topological polar surface area (TPSA) is 53.5 Å². The summed E-state index contributed by atoms with van der Waals surface area (Å²) >= 11 is 4.75. The molecule has 0 bridgehead atoms. The van der Waals surface area contributed by atoms with Crippen molar-refractivity contribution in [2.45, 2.75) is 6.04 Å². The average Bonchev–Trinajstić information content (AvgIpc) is 3.07. The fraction of sp³-hybridized carbons (Fsp3) is 0.118. The number of fused-ring (bicyclic) bond motifs is 1. The number of para-hydroxylation sites is 1. The molecule has 0 spiro atoms. The van der Waals surface area contributed by atoms with Crippen LogP contribution in [0.5, 0.6) is 0 Å². The van der Waals surface area contributed by atoms with Crippen LogP contribution in [0, 0.1) is 0 Å². The normalized spacial score (nSPS) is 18.0. The second kappa shape index (κ2) is 5.68. The molecule has 3 aromatic rings. The number of likely N-dealkylation sites (N-methyl/N-ethyl adjacent to an activating group) is 1. The molecule has 4 rings (SSSR count).